The Morgan fingerprint density at radius 3 is 3.04 bits per heavy atom. The van der Waals surface area contributed by atoms with E-state index >= 15 is 0 Å². The number of methoxy groups -OCH3 is 1. The number of nitrogens with one attached hydrogen (secondary N) is 2. The van der Waals surface area contributed by atoms with Crippen molar-refractivity contribution in [2.24, 2.45) is 0 Å². The molecule has 2 aromatic heterocycles. The average Bonchev–Trinajstić information content (AvgIpc) is 2.64. The van der Waals surface area contributed by atoms with E-state index in [0.29, 0.717) is 30.5 Å². The van der Waals surface area contributed by atoms with Crippen LogP contribution < -0.4 is 15.4 Å². The number of carbonyl (C=O) groups excluding carboxylic acids is 1. The van der Waals surface area contributed by atoms with E-state index in [1.54, 1.807) is 37.7 Å². The van der Waals surface area contributed by atoms with Crippen LogP contribution in [0, 0.1) is 0 Å². The molecule has 0 saturated carbocycles. The first-order chi connectivity index (χ1) is 12.3. The lowest BCUT2D eigenvalue weighted by atomic mass is 10.0. The Morgan fingerprint density at radius 1 is 1.32 bits per heavy atom. The first kappa shape index (κ1) is 17.1. The summed E-state index contributed by atoms with van der Waals surface area (Å²) in [5.74, 6) is 1.22. The molecule has 1 saturated heterocycles. The van der Waals surface area contributed by atoms with Gasteiger partial charge in [0.2, 0.25) is 5.91 Å². The minimum Gasteiger partial charge on any atom is -0.495 e. The summed E-state index contributed by atoms with van der Waals surface area (Å²) < 4.78 is 10.8. The van der Waals surface area contributed by atoms with Crippen molar-refractivity contribution in [1.82, 2.24) is 20.3 Å². The number of rotatable bonds is 6. The third kappa shape index (κ3) is 4.63. The number of aromatic nitrogens is 3. The molecule has 1 aliphatic heterocycles. The lowest BCUT2D eigenvalue weighted by Crippen LogP contribution is -2.52. The molecule has 0 aromatic carbocycles. The molecule has 0 unspecified atom stereocenters. The van der Waals surface area contributed by atoms with Crippen molar-refractivity contribution in [3.05, 3.63) is 42.6 Å². The van der Waals surface area contributed by atoms with Crippen molar-refractivity contribution < 1.29 is 14.3 Å². The second-order valence-corrected chi connectivity index (χ2v) is 5.71. The molecule has 1 amide bonds. The van der Waals surface area contributed by atoms with E-state index in [-0.39, 0.29) is 24.4 Å². The summed E-state index contributed by atoms with van der Waals surface area (Å²) in [6, 6.07) is 5.25. The van der Waals surface area contributed by atoms with Gasteiger partial charge in [-0.3, -0.25) is 9.78 Å². The molecule has 2 atom stereocenters. The van der Waals surface area contributed by atoms with Crippen molar-refractivity contribution in [2.45, 2.75) is 24.9 Å². The highest BCUT2D eigenvalue weighted by Gasteiger charge is 2.27. The molecule has 0 aliphatic carbocycles. The first-order valence-corrected chi connectivity index (χ1v) is 8.14. The van der Waals surface area contributed by atoms with E-state index in [0.717, 1.165) is 6.42 Å². The topological polar surface area (TPSA) is 98.3 Å². The first-order valence-electron chi connectivity index (χ1n) is 8.14. The fourth-order valence-corrected chi connectivity index (χ4v) is 2.77. The van der Waals surface area contributed by atoms with Crippen LogP contribution in [0.25, 0.3) is 0 Å². The Kier molecular flexibility index (Phi) is 5.73. The number of amides is 1. The van der Waals surface area contributed by atoms with Crippen LogP contribution in [0.5, 0.6) is 5.75 Å². The van der Waals surface area contributed by atoms with Crippen molar-refractivity contribution in [3.63, 3.8) is 0 Å². The van der Waals surface area contributed by atoms with Gasteiger partial charge in [0, 0.05) is 19.0 Å². The summed E-state index contributed by atoms with van der Waals surface area (Å²) in [5.41, 5.74) is 0.620. The van der Waals surface area contributed by atoms with Crippen LogP contribution in [-0.4, -0.2) is 53.3 Å². The summed E-state index contributed by atoms with van der Waals surface area (Å²) in [7, 11) is 1.57. The van der Waals surface area contributed by atoms with Gasteiger partial charge in [0.05, 0.1) is 37.9 Å². The van der Waals surface area contributed by atoms with Crippen molar-refractivity contribution >= 4 is 11.7 Å². The summed E-state index contributed by atoms with van der Waals surface area (Å²) in [5, 5.41) is 6.36. The smallest absolute Gasteiger partial charge is 0.226 e. The van der Waals surface area contributed by atoms with E-state index < -0.39 is 0 Å². The average molecular weight is 343 g/mol. The van der Waals surface area contributed by atoms with E-state index in [9.17, 15) is 4.79 Å². The van der Waals surface area contributed by atoms with Crippen molar-refractivity contribution in [1.29, 1.82) is 0 Å². The Balaban J connectivity index is 1.62. The third-order valence-corrected chi connectivity index (χ3v) is 4.01. The normalized spacial score (nSPS) is 19.9. The Hall–Kier alpha value is -2.74. The summed E-state index contributed by atoms with van der Waals surface area (Å²) in [6.45, 7) is 1.11. The molecule has 0 bridgehead atoms. The van der Waals surface area contributed by atoms with Crippen LogP contribution >= 0.6 is 0 Å². The number of anilines is 1. The quantitative estimate of drug-likeness (QED) is 0.801. The predicted molar refractivity (Wildman–Crippen MR) is 91.3 cm³/mol. The van der Waals surface area contributed by atoms with Gasteiger partial charge in [0.1, 0.15) is 17.9 Å². The molecule has 2 aromatic rings. The van der Waals surface area contributed by atoms with Crippen LogP contribution in [0.4, 0.5) is 5.82 Å². The summed E-state index contributed by atoms with van der Waals surface area (Å²) >= 11 is 0. The molecule has 1 fully saturated rings. The number of carbonyl (C=O) groups is 1. The van der Waals surface area contributed by atoms with Gasteiger partial charge in [0.15, 0.2) is 0 Å². The van der Waals surface area contributed by atoms with Gasteiger partial charge < -0.3 is 20.1 Å². The monoisotopic (exact) mass is 343 g/mol. The number of hydrogen-bond acceptors (Lipinski definition) is 7. The molecule has 132 valence electrons. The van der Waals surface area contributed by atoms with Crippen molar-refractivity contribution in [3.8, 4) is 5.75 Å². The zero-order valence-electron chi connectivity index (χ0n) is 14.0. The summed E-state index contributed by atoms with van der Waals surface area (Å²) in [6.07, 6.45) is 5.70. The zero-order valence-corrected chi connectivity index (χ0v) is 14.0. The molecule has 1 aliphatic rings. The fraction of sp³-hybridized carbons (Fsp3) is 0.412. The number of hydrogen-bond donors (Lipinski definition) is 2. The van der Waals surface area contributed by atoms with Gasteiger partial charge in [-0.25, -0.2) is 9.97 Å². The largest absolute Gasteiger partial charge is 0.495 e. The third-order valence-electron chi connectivity index (χ3n) is 4.01. The maximum atomic E-state index is 12.4. The van der Waals surface area contributed by atoms with Gasteiger partial charge in [0.25, 0.3) is 0 Å². The number of pyridine rings is 1. The Labute approximate surface area is 146 Å². The lowest BCUT2D eigenvalue weighted by Gasteiger charge is -2.33. The minimum absolute atomic E-state index is 0.0501. The van der Waals surface area contributed by atoms with Crippen molar-refractivity contribution in [2.75, 3.05) is 25.6 Å². The van der Waals surface area contributed by atoms with Gasteiger partial charge in [-0.05, 0) is 24.6 Å². The molecule has 0 spiro atoms. The molecule has 3 heterocycles. The summed E-state index contributed by atoms with van der Waals surface area (Å²) in [4.78, 5) is 24.7. The second kappa shape index (κ2) is 8.39. The molecular formula is C17H21N5O3. The fourth-order valence-electron chi connectivity index (χ4n) is 2.77. The van der Waals surface area contributed by atoms with Gasteiger partial charge >= 0.3 is 0 Å². The second-order valence-electron chi connectivity index (χ2n) is 5.71. The van der Waals surface area contributed by atoms with Crippen LogP contribution in [0.3, 0.4) is 0 Å². The highest BCUT2D eigenvalue weighted by Crippen LogP contribution is 2.16. The zero-order chi connectivity index (χ0) is 17.5. The Bertz CT molecular complexity index is 698. The van der Waals surface area contributed by atoms with E-state index in [4.69, 9.17) is 9.47 Å². The molecule has 25 heavy (non-hydrogen) atoms. The van der Waals surface area contributed by atoms with Gasteiger partial charge in [-0.2, -0.15) is 0 Å². The predicted octanol–water partition coefficient (Wildman–Crippen LogP) is 0.808. The van der Waals surface area contributed by atoms with Gasteiger partial charge in [-0.1, -0.05) is 0 Å². The standard InChI is InChI=1S/C17H21N5O3/c1-24-15-3-2-6-19-13(15)9-17(23)22-12-5-8-25-10-14(12)21-16-4-7-18-11-20-16/h2-4,6-7,11-12,14H,5,8-10H2,1H3,(H,22,23)(H,18,20,21)/t12-,14+/m0/s1. The van der Waals surface area contributed by atoms with E-state index in [1.807, 2.05) is 0 Å². The molecule has 3 rings (SSSR count). The van der Waals surface area contributed by atoms with E-state index in [1.165, 1.54) is 6.33 Å². The molecule has 2 N–H and O–H groups in total. The Morgan fingerprint density at radius 2 is 2.24 bits per heavy atom. The van der Waals surface area contributed by atoms with Crippen LogP contribution in [-0.2, 0) is 16.0 Å². The van der Waals surface area contributed by atoms with Crippen LogP contribution in [0.1, 0.15) is 12.1 Å². The SMILES string of the molecule is COc1cccnc1CC(=O)N[C@H]1CCOC[C@H]1Nc1ccncn1. The maximum absolute atomic E-state index is 12.4. The van der Waals surface area contributed by atoms with Crippen LogP contribution in [0.2, 0.25) is 0 Å². The molecule has 0 radical (unpaired) electrons. The van der Waals surface area contributed by atoms with Gasteiger partial charge in [-0.15, -0.1) is 0 Å². The molecule has 8 nitrogen and oxygen atoms in total. The number of nitrogens with zero attached hydrogens (tertiary/aromatic N) is 3. The lowest BCUT2D eigenvalue weighted by molar-refractivity contribution is -0.121. The highest BCUT2D eigenvalue weighted by molar-refractivity contribution is 5.79. The highest BCUT2D eigenvalue weighted by atomic mass is 16.5. The van der Waals surface area contributed by atoms with Crippen LogP contribution in [0.15, 0.2) is 36.9 Å². The molecule has 8 heteroatoms. The maximum Gasteiger partial charge on any atom is 0.226 e. The molecular weight excluding hydrogens is 322 g/mol. The van der Waals surface area contributed by atoms with E-state index in [2.05, 4.69) is 25.6 Å². The minimum atomic E-state index is -0.0987. The number of ether oxygens (including phenoxy) is 2.